The van der Waals surface area contributed by atoms with Crippen LogP contribution < -0.4 is 5.32 Å². The van der Waals surface area contributed by atoms with Gasteiger partial charge < -0.3 is 15.3 Å². The van der Waals surface area contributed by atoms with Crippen LogP contribution in [0.2, 0.25) is 0 Å². The minimum absolute atomic E-state index is 0.309. The number of urea groups is 1. The number of nitrogens with one attached hydrogen (secondary N) is 1. The summed E-state index contributed by atoms with van der Waals surface area (Å²) < 4.78 is 0. The molecule has 1 atom stereocenters. The van der Waals surface area contributed by atoms with E-state index < -0.39 is 12.0 Å². The average molecular weight is 254 g/mol. The van der Waals surface area contributed by atoms with Gasteiger partial charge in [0.1, 0.15) is 6.04 Å². The van der Waals surface area contributed by atoms with Crippen molar-refractivity contribution in [1.82, 2.24) is 10.2 Å². The van der Waals surface area contributed by atoms with Crippen LogP contribution in [0.25, 0.3) is 0 Å². The van der Waals surface area contributed by atoms with Gasteiger partial charge >= 0.3 is 12.0 Å². The third-order valence-electron chi connectivity index (χ3n) is 2.81. The number of hydrogen-bond donors (Lipinski definition) is 2. The number of rotatable bonds is 2. The smallest absolute Gasteiger partial charge is 0.325 e. The van der Waals surface area contributed by atoms with Gasteiger partial charge in [0.25, 0.3) is 0 Å². The first-order chi connectivity index (χ1) is 8.08. The van der Waals surface area contributed by atoms with Crippen molar-refractivity contribution in [2.75, 3.05) is 6.54 Å². The van der Waals surface area contributed by atoms with Crippen molar-refractivity contribution in [3.05, 3.63) is 21.9 Å². The van der Waals surface area contributed by atoms with Gasteiger partial charge in [-0.2, -0.15) is 0 Å². The van der Waals surface area contributed by atoms with Gasteiger partial charge in [-0.3, -0.25) is 4.79 Å². The van der Waals surface area contributed by atoms with E-state index in [4.69, 9.17) is 5.11 Å². The van der Waals surface area contributed by atoms with E-state index in [0.717, 1.165) is 6.42 Å². The number of carbonyl (C=O) groups excluding carboxylic acids is 1. The lowest BCUT2D eigenvalue weighted by Crippen LogP contribution is -2.47. The molecule has 0 aromatic carbocycles. The largest absolute Gasteiger partial charge is 0.480 e. The topological polar surface area (TPSA) is 69.6 Å². The van der Waals surface area contributed by atoms with Crippen LogP contribution in [-0.4, -0.2) is 34.6 Å². The van der Waals surface area contributed by atoms with Gasteiger partial charge in [0.2, 0.25) is 0 Å². The molecule has 0 saturated carbocycles. The predicted octanol–water partition coefficient (Wildman–Crippen LogP) is 1.29. The second-order valence-electron chi connectivity index (χ2n) is 4.05. The third-order valence-corrected chi connectivity index (χ3v) is 3.83. The van der Waals surface area contributed by atoms with E-state index in [0.29, 0.717) is 13.1 Å². The maximum absolute atomic E-state index is 11.8. The Labute approximate surface area is 103 Å². The lowest BCUT2D eigenvalue weighted by molar-refractivity contribution is -0.138. The van der Waals surface area contributed by atoms with Crippen LogP contribution in [0.3, 0.4) is 0 Å². The maximum Gasteiger partial charge on any atom is 0.325 e. The average Bonchev–Trinajstić information content (AvgIpc) is 2.75. The Morgan fingerprint density at radius 3 is 3.06 bits per heavy atom. The molecule has 0 unspecified atom stereocenters. The fraction of sp³-hybridized carbons (Fsp3) is 0.455. The molecule has 1 aromatic rings. The van der Waals surface area contributed by atoms with Gasteiger partial charge in [-0.15, -0.1) is 11.3 Å². The van der Waals surface area contributed by atoms with E-state index in [9.17, 15) is 9.59 Å². The van der Waals surface area contributed by atoms with Crippen molar-refractivity contribution in [3.63, 3.8) is 0 Å². The summed E-state index contributed by atoms with van der Waals surface area (Å²) in [4.78, 5) is 25.4. The van der Waals surface area contributed by atoms with Crippen molar-refractivity contribution in [2.24, 2.45) is 0 Å². The Morgan fingerprint density at radius 2 is 2.35 bits per heavy atom. The summed E-state index contributed by atoms with van der Waals surface area (Å²) in [5.41, 5.74) is 1.17. The number of fused-ring (bicyclic) bond motifs is 1. The zero-order chi connectivity index (χ0) is 12.4. The van der Waals surface area contributed by atoms with Gasteiger partial charge in [0.15, 0.2) is 0 Å². The first-order valence-corrected chi connectivity index (χ1v) is 6.29. The highest BCUT2D eigenvalue weighted by molar-refractivity contribution is 7.10. The molecule has 0 aliphatic carbocycles. The van der Waals surface area contributed by atoms with Crippen molar-refractivity contribution in [1.29, 1.82) is 0 Å². The highest BCUT2D eigenvalue weighted by atomic mass is 32.1. The van der Waals surface area contributed by atoms with Crippen LogP contribution in [0.5, 0.6) is 0 Å². The lowest BCUT2D eigenvalue weighted by atomic mass is 10.1. The Morgan fingerprint density at radius 1 is 1.59 bits per heavy atom. The molecular formula is C11H14N2O3S. The quantitative estimate of drug-likeness (QED) is 0.835. The molecule has 1 aliphatic heterocycles. The SMILES string of the molecule is C[C@@H](NC(=O)N1CCc2sccc2C1)C(=O)O. The second kappa shape index (κ2) is 4.75. The molecule has 0 fully saturated rings. The molecule has 0 saturated heterocycles. The first-order valence-electron chi connectivity index (χ1n) is 5.41. The predicted molar refractivity (Wildman–Crippen MR) is 64.1 cm³/mol. The number of amides is 2. The molecule has 92 valence electrons. The summed E-state index contributed by atoms with van der Waals surface area (Å²) in [6.07, 6.45) is 0.849. The van der Waals surface area contributed by atoms with Crippen molar-refractivity contribution < 1.29 is 14.7 Å². The van der Waals surface area contributed by atoms with Gasteiger partial charge in [-0.1, -0.05) is 0 Å². The number of aliphatic carboxylic acids is 1. The normalized spacial score (nSPS) is 16.2. The molecule has 17 heavy (non-hydrogen) atoms. The van der Waals surface area contributed by atoms with Gasteiger partial charge in [-0.05, 0) is 30.4 Å². The Balaban J connectivity index is 1.96. The fourth-order valence-electron chi connectivity index (χ4n) is 1.76. The minimum atomic E-state index is -1.02. The van der Waals surface area contributed by atoms with Crippen LogP contribution in [0.1, 0.15) is 17.4 Å². The second-order valence-corrected chi connectivity index (χ2v) is 5.05. The molecule has 5 nitrogen and oxygen atoms in total. The van der Waals surface area contributed by atoms with Gasteiger partial charge in [0, 0.05) is 18.0 Å². The summed E-state index contributed by atoms with van der Waals surface area (Å²) in [6, 6.07) is 0.850. The molecule has 1 aromatic heterocycles. The molecule has 1 aliphatic rings. The number of nitrogens with zero attached hydrogens (tertiary/aromatic N) is 1. The van der Waals surface area contributed by atoms with Gasteiger partial charge in [0.05, 0.1) is 0 Å². The molecule has 2 N–H and O–H groups in total. The zero-order valence-corrected chi connectivity index (χ0v) is 10.3. The molecular weight excluding hydrogens is 240 g/mol. The van der Waals surface area contributed by atoms with E-state index in [-0.39, 0.29) is 6.03 Å². The summed E-state index contributed by atoms with van der Waals surface area (Å²) in [6.45, 7) is 2.67. The highest BCUT2D eigenvalue weighted by Crippen LogP contribution is 2.23. The van der Waals surface area contributed by atoms with E-state index >= 15 is 0 Å². The van der Waals surface area contributed by atoms with Crippen LogP contribution in [0.4, 0.5) is 4.79 Å². The number of hydrogen-bond acceptors (Lipinski definition) is 3. The molecule has 6 heteroatoms. The lowest BCUT2D eigenvalue weighted by Gasteiger charge is -2.27. The summed E-state index contributed by atoms with van der Waals surface area (Å²) in [5, 5.41) is 13.2. The first kappa shape index (κ1) is 11.9. The van der Waals surface area contributed by atoms with E-state index in [1.165, 1.54) is 17.4 Å². The van der Waals surface area contributed by atoms with Crippen molar-refractivity contribution >= 4 is 23.3 Å². The summed E-state index contributed by atoms with van der Waals surface area (Å²) in [5.74, 6) is -1.02. The molecule has 0 radical (unpaired) electrons. The van der Waals surface area contributed by atoms with Crippen LogP contribution >= 0.6 is 11.3 Å². The monoisotopic (exact) mass is 254 g/mol. The molecule has 0 spiro atoms. The van der Waals surface area contributed by atoms with E-state index in [1.807, 2.05) is 11.4 Å². The molecule has 0 bridgehead atoms. The standard InChI is InChI=1S/C11H14N2O3S/c1-7(10(14)15)12-11(16)13-4-2-9-8(6-13)3-5-17-9/h3,5,7H,2,4,6H2,1H3,(H,12,16)(H,14,15)/t7-/m1/s1. The number of thiophene rings is 1. The molecule has 2 heterocycles. The number of carboxylic acid groups (broad SMARTS) is 1. The zero-order valence-electron chi connectivity index (χ0n) is 9.47. The minimum Gasteiger partial charge on any atom is -0.480 e. The fourth-order valence-corrected chi connectivity index (χ4v) is 2.65. The van der Waals surface area contributed by atoms with E-state index in [2.05, 4.69) is 5.32 Å². The summed E-state index contributed by atoms with van der Waals surface area (Å²) >= 11 is 1.71. The third kappa shape index (κ3) is 2.58. The van der Waals surface area contributed by atoms with Crippen molar-refractivity contribution in [2.45, 2.75) is 25.9 Å². The summed E-state index contributed by atoms with van der Waals surface area (Å²) in [7, 11) is 0. The van der Waals surface area contributed by atoms with Crippen LogP contribution in [0, 0.1) is 0 Å². The highest BCUT2D eigenvalue weighted by Gasteiger charge is 2.23. The Bertz CT molecular complexity index is 444. The molecule has 2 amide bonds. The Kier molecular flexibility index (Phi) is 3.33. The van der Waals surface area contributed by atoms with Crippen LogP contribution in [-0.2, 0) is 17.8 Å². The number of carbonyl (C=O) groups is 2. The van der Waals surface area contributed by atoms with Crippen molar-refractivity contribution in [3.8, 4) is 0 Å². The maximum atomic E-state index is 11.8. The van der Waals surface area contributed by atoms with Crippen LogP contribution in [0.15, 0.2) is 11.4 Å². The van der Waals surface area contributed by atoms with E-state index in [1.54, 1.807) is 16.2 Å². The number of carboxylic acids is 1. The molecule has 2 rings (SSSR count). The van der Waals surface area contributed by atoms with Gasteiger partial charge in [-0.25, -0.2) is 4.79 Å². The Hall–Kier alpha value is -1.56.